The molecule has 22 heavy (non-hydrogen) atoms. The van der Waals surface area contributed by atoms with Gasteiger partial charge in [-0.15, -0.1) is 0 Å². The Kier molecular flexibility index (Phi) is 7.15. The van der Waals surface area contributed by atoms with Crippen molar-refractivity contribution in [3.8, 4) is 0 Å². The summed E-state index contributed by atoms with van der Waals surface area (Å²) in [5.74, 6) is 0. The van der Waals surface area contributed by atoms with Gasteiger partial charge in [0.1, 0.15) is 0 Å². The van der Waals surface area contributed by atoms with E-state index in [4.69, 9.17) is 0 Å². The van der Waals surface area contributed by atoms with Crippen molar-refractivity contribution in [1.82, 2.24) is 9.80 Å². The van der Waals surface area contributed by atoms with E-state index in [0.29, 0.717) is 0 Å². The topological polar surface area (TPSA) is 6.48 Å². The summed E-state index contributed by atoms with van der Waals surface area (Å²) in [7, 11) is 6.91. The van der Waals surface area contributed by atoms with Crippen LogP contribution in [0.3, 0.4) is 0 Å². The quantitative estimate of drug-likeness (QED) is 0.690. The van der Waals surface area contributed by atoms with Gasteiger partial charge in [-0.2, -0.15) is 0 Å². The summed E-state index contributed by atoms with van der Waals surface area (Å²) in [5, 5.41) is 0. The SMILES string of the molecule is CN(CC[N+](C)(CCN(C)C(C)(C)C)C(C)(C)C)C(C)(C)C. The van der Waals surface area contributed by atoms with Gasteiger partial charge in [-0.25, -0.2) is 0 Å². The first-order chi connectivity index (χ1) is 9.51. The molecule has 0 N–H and O–H groups in total. The van der Waals surface area contributed by atoms with E-state index in [-0.39, 0.29) is 16.6 Å². The van der Waals surface area contributed by atoms with Gasteiger partial charge in [-0.1, -0.05) is 0 Å². The van der Waals surface area contributed by atoms with Crippen molar-refractivity contribution in [3.63, 3.8) is 0 Å². The smallest absolute Gasteiger partial charge is 0.0918 e. The van der Waals surface area contributed by atoms with Crippen molar-refractivity contribution >= 4 is 0 Å². The van der Waals surface area contributed by atoms with Crippen molar-refractivity contribution < 1.29 is 4.48 Å². The molecule has 0 saturated heterocycles. The van der Waals surface area contributed by atoms with E-state index >= 15 is 0 Å². The highest BCUT2D eigenvalue weighted by molar-refractivity contribution is 4.75. The number of quaternary nitrogens is 1. The maximum absolute atomic E-state index is 2.47. The van der Waals surface area contributed by atoms with Crippen LogP contribution < -0.4 is 0 Å². The van der Waals surface area contributed by atoms with Crippen LogP contribution in [-0.4, -0.2) is 78.2 Å². The highest BCUT2D eigenvalue weighted by Gasteiger charge is 2.37. The van der Waals surface area contributed by atoms with E-state index < -0.39 is 0 Å². The lowest BCUT2D eigenvalue weighted by atomic mass is 10.0. The second kappa shape index (κ2) is 7.19. The number of rotatable bonds is 6. The molecule has 0 aliphatic carbocycles. The molecule has 0 rings (SSSR count). The first-order valence-electron chi connectivity index (χ1n) is 8.78. The lowest BCUT2D eigenvalue weighted by molar-refractivity contribution is -0.952. The van der Waals surface area contributed by atoms with Gasteiger partial charge >= 0.3 is 0 Å². The van der Waals surface area contributed by atoms with E-state index in [2.05, 4.69) is 93.3 Å². The zero-order valence-corrected chi connectivity index (χ0v) is 17.7. The van der Waals surface area contributed by atoms with Crippen molar-refractivity contribution in [2.75, 3.05) is 47.3 Å². The summed E-state index contributed by atoms with van der Waals surface area (Å²) in [6.45, 7) is 25.5. The zero-order valence-electron chi connectivity index (χ0n) is 17.7. The highest BCUT2D eigenvalue weighted by atomic mass is 15.4. The van der Waals surface area contributed by atoms with Crippen LogP contribution in [0, 0.1) is 0 Å². The molecule has 0 amide bonds. The van der Waals surface area contributed by atoms with Gasteiger partial charge < -0.3 is 4.48 Å². The molecule has 0 unspecified atom stereocenters. The van der Waals surface area contributed by atoms with Gasteiger partial charge in [-0.05, 0) is 76.4 Å². The zero-order chi connectivity index (χ0) is 18.0. The molecule has 0 heterocycles. The maximum Gasteiger partial charge on any atom is 0.0918 e. The first-order valence-corrected chi connectivity index (χ1v) is 8.78. The van der Waals surface area contributed by atoms with Crippen LogP contribution in [0.1, 0.15) is 62.3 Å². The molecule has 3 nitrogen and oxygen atoms in total. The van der Waals surface area contributed by atoms with Crippen molar-refractivity contribution in [2.45, 2.75) is 78.9 Å². The monoisotopic (exact) mass is 314 g/mol. The normalized spacial score (nSPS) is 15.0. The van der Waals surface area contributed by atoms with Crippen LogP contribution in [-0.2, 0) is 0 Å². The summed E-state index contributed by atoms with van der Waals surface area (Å²) < 4.78 is 1.10. The predicted octanol–water partition coefficient (Wildman–Crippen LogP) is 3.69. The highest BCUT2D eigenvalue weighted by Crippen LogP contribution is 2.23. The van der Waals surface area contributed by atoms with Crippen LogP contribution in [0.2, 0.25) is 0 Å². The lowest BCUT2D eigenvalue weighted by Crippen LogP contribution is -2.62. The standard InChI is InChI=1S/C19H44N3/c1-17(2,3)20(10)13-15-22(12,19(7,8)9)16-14-21(11)18(4,5)6/h13-16H2,1-12H3/q+1. The number of likely N-dealkylation sites (N-methyl/N-ethyl adjacent to an activating group) is 3. The van der Waals surface area contributed by atoms with E-state index in [1.54, 1.807) is 0 Å². The molecule has 0 aromatic rings. The third-order valence-corrected chi connectivity index (χ3v) is 5.77. The number of hydrogen-bond donors (Lipinski definition) is 0. The van der Waals surface area contributed by atoms with E-state index in [0.717, 1.165) is 17.6 Å². The largest absolute Gasteiger partial charge is 0.320 e. The average molecular weight is 315 g/mol. The average Bonchev–Trinajstić information content (AvgIpc) is 2.28. The first kappa shape index (κ1) is 21.9. The Hall–Kier alpha value is -0.120. The fourth-order valence-electron chi connectivity index (χ4n) is 2.19. The molecule has 3 heteroatoms. The Bertz CT molecular complexity index is 304. The third-order valence-electron chi connectivity index (χ3n) is 5.77. The molecule has 0 aliphatic heterocycles. The van der Waals surface area contributed by atoms with Crippen molar-refractivity contribution in [2.24, 2.45) is 0 Å². The minimum Gasteiger partial charge on any atom is -0.320 e. The Morgan fingerprint density at radius 2 is 0.909 bits per heavy atom. The fourth-order valence-corrected chi connectivity index (χ4v) is 2.19. The number of nitrogens with zero attached hydrogens (tertiary/aromatic N) is 3. The fraction of sp³-hybridized carbons (Fsp3) is 1.00. The van der Waals surface area contributed by atoms with Gasteiger partial charge in [0.25, 0.3) is 0 Å². The van der Waals surface area contributed by atoms with Crippen LogP contribution in [0.4, 0.5) is 0 Å². The molecule has 0 aromatic carbocycles. The summed E-state index contributed by atoms with van der Waals surface area (Å²) in [5.41, 5.74) is 0.743. The van der Waals surface area contributed by atoms with E-state index in [1.165, 1.54) is 13.1 Å². The summed E-state index contributed by atoms with van der Waals surface area (Å²) in [6, 6.07) is 0. The summed E-state index contributed by atoms with van der Waals surface area (Å²) in [4.78, 5) is 4.95. The molecule has 0 aromatic heterocycles. The molecule has 0 radical (unpaired) electrons. The van der Waals surface area contributed by atoms with Gasteiger partial charge in [0.05, 0.1) is 25.7 Å². The molecule has 0 bridgehead atoms. The van der Waals surface area contributed by atoms with Gasteiger partial charge in [0.15, 0.2) is 0 Å². The van der Waals surface area contributed by atoms with Crippen LogP contribution >= 0.6 is 0 Å². The lowest BCUT2D eigenvalue weighted by Gasteiger charge is -2.48. The molecule has 0 atom stereocenters. The van der Waals surface area contributed by atoms with Gasteiger partial charge in [0, 0.05) is 24.2 Å². The third kappa shape index (κ3) is 6.55. The molecule has 0 saturated carbocycles. The summed E-state index contributed by atoms with van der Waals surface area (Å²) >= 11 is 0. The Morgan fingerprint density at radius 3 is 1.09 bits per heavy atom. The van der Waals surface area contributed by atoms with Gasteiger partial charge in [0.2, 0.25) is 0 Å². The van der Waals surface area contributed by atoms with Crippen molar-refractivity contribution in [3.05, 3.63) is 0 Å². The van der Waals surface area contributed by atoms with Crippen molar-refractivity contribution in [1.29, 1.82) is 0 Å². The van der Waals surface area contributed by atoms with E-state index in [1.807, 2.05) is 0 Å². The Morgan fingerprint density at radius 1 is 0.636 bits per heavy atom. The number of hydrogen-bond acceptors (Lipinski definition) is 2. The molecule has 0 aliphatic rings. The molecule has 0 fully saturated rings. The second-order valence-electron chi connectivity index (χ2n) is 10.2. The Balaban J connectivity index is 4.90. The van der Waals surface area contributed by atoms with Crippen LogP contribution in [0.25, 0.3) is 0 Å². The Labute approximate surface area is 141 Å². The molecule has 0 spiro atoms. The van der Waals surface area contributed by atoms with Crippen LogP contribution in [0.5, 0.6) is 0 Å². The predicted molar refractivity (Wildman–Crippen MR) is 100 cm³/mol. The van der Waals surface area contributed by atoms with Gasteiger partial charge in [-0.3, -0.25) is 9.80 Å². The van der Waals surface area contributed by atoms with Crippen LogP contribution in [0.15, 0.2) is 0 Å². The summed E-state index contributed by atoms with van der Waals surface area (Å²) in [6.07, 6.45) is 0. The second-order valence-corrected chi connectivity index (χ2v) is 10.2. The van der Waals surface area contributed by atoms with E-state index in [9.17, 15) is 0 Å². The minimum atomic E-state index is 0.241. The minimum absolute atomic E-state index is 0.241. The molecular formula is C19H44N3+. The maximum atomic E-state index is 2.47. The molecular weight excluding hydrogens is 270 g/mol. The molecule has 134 valence electrons.